The summed E-state index contributed by atoms with van der Waals surface area (Å²) < 4.78 is 5.25. The molecule has 1 atom stereocenters. The number of aryl methyl sites for hydroxylation is 1. The topological polar surface area (TPSA) is 56.2 Å². The highest BCUT2D eigenvalue weighted by atomic mass is 16.5. The smallest absolute Gasteiger partial charge is 0.230 e. The molecule has 170 valence electrons. The summed E-state index contributed by atoms with van der Waals surface area (Å²) in [5, 5.41) is 10.9. The summed E-state index contributed by atoms with van der Waals surface area (Å²) in [5.74, 6) is 1.40. The molecule has 0 unspecified atom stereocenters. The third-order valence-electron chi connectivity index (χ3n) is 7.04. The summed E-state index contributed by atoms with van der Waals surface area (Å²) in [7, 11) is 1.69. The van der Waals surface area contributed by atoms with E-state index < -0.39 is 6.10 Å². The quantitative estimate of drug-likeness (QED) is 0.755. The lowest BCUT2D eigenvalue weighted by Crippen LogP contribution is -2.47. The molecule has 6 nitrogen and oxygen atoms in total. The number of fused-ring (bicyclic) bond motifs is 1. The van der Waals surface area contributed by atoms with E-state index in [1.54, 1.807) is 7.11 Å². The lowest BCUT2D eigenvalue weighted by Gasteiger charge is -2.37. The lowest BCUT2D eigenvalue weighted by molar-refractivity contribution is -0.119. The van der Waals surface area contributed by atoms with Crippen LogP contribution in [0.5, 0.6) is 5.75 Å². The molecule has 6 heteroatoms. The van der Waals surface area contributed by atoms with Crippen LogP contribution in [0.2, 0.25) is 0 Å². The van der Waals surface area contributed by atoms with Gasteiger partial charge in [0.25, 0.3) is 0 Å². The van der Waals surface area contributed by atoms with Gasteiger partial charge in [-0.25, -0.2) is 0 Å². The van der Waals surface area contributed by atoms with Crippen molar-refractivity contribution in [3.05, 3.63) is 53.6 Å². The minimum atomic E-state index is -0.512. The maximum Gasteiger partial charge on any atom is 0.230 e. The maximum absolute atomic E-state index is 12.6. The molecule has 1 saturated carbocycles. The molecule has 3 aliphatic rings. The van der Waals surface area contributed by atoms with Crippen LogP contribution in [0.3, 0.4) is 0 Å². The Bertz CT molecular complexity index is 949. The molecular weight excluding hydrogens is 402 g/mol. The number of hydrogen-bond acceptors (Lipinski definition) is 5. The maximum atomic E-state index is 12.6. The van der Waals surface area contributed by atoms with E-state index in [2.05, 4.69) is 34.1 Å². The molecule has 0 radical (unpaired) electrons. The van der Waals surface area contributed by atoms with Crippen molar-refractivity contribution in [3.63, 3.8) is 0 Å². The summed E-state index contributed by atoms with van der Waals surface area (Å²) in [4.78, 5) is 19.3. The number of methoxy groups -OCH3 is 1. The zero-order chi connectivity index (χ0) is 22.1. The normalized spacial score (nSPS) is 20.1. The van der Waals surface area contributed by atoms with Gasteiger partial charge in [0.15, 0.2) is 0 Å². The first kappa shape index (κ1) is 21.3. The Balaban J connectivity index is 1.18. The van der Waals surface area contributed by atoms with Gasteiger partial charge in [0.1, 0.15) is 5.75 Å². The van der Waals surface area contributed by atoms with Gasteiger partial charge in [-0.05, 0) is 67.1 Å². The van der Waals surface area contributed by atoms with Crippen LogP contribution in [0.15, 0.2) is 42.5 Å². The molecule has 2 heterocycles. The van der Waals surface area contributed by atoms with Crippen molar-refractivity contribution >= 4 is 17.3 Å². The van der Waals surface area contributed by atoms with Gasteiger partial charge in [0, 0.05) is 56.6 Å². The number of piperazine rings is 1. The second kappa shape index (κ2) is 9.12. The van der Waals surface area contributed by atoms with Gasteiger partial charge in [-0.15, -0.1) is 0 Å². The molecule has 1 amide bonds. The van der Waals surface area contributed by atoms with Gasteiger partial charge in [-0.1, -0.05) is 12.1 Å². The van der Waals surface area contributed by atoms with E-state index in [4.69, 9.17) is 4.74 Å². The van der Waals surface area contributed by atoms with Crippen LogP contribution in [0.4, 0.5) is 11.4 Å². The third-order valence-corrected chi connectivity index (χ3v) is 7.04. The zero-order valence-corrected chi connectivity index (χ0v) is 18.9. The standard InChI is InChI=1S/C26H33N3O3/c1-32-23-9-7-22(8-10-23)28-15-13-27(14-16-28)18-25(30)21-6-11-24-20(17-21)3-2-12-29(24)26(31)19-4-5-19/h6-11,17,19,25,30H,2-5,12-16,18H2,1H3/t25-/m0/s1. The van der Waals surface area contributed by atoms with Crippen LogP contribution in [-0.4, -0.2) is 62.3 Å². The van der Waals surface area contributed by atoms with E-state index in [0.717, 1.165) is 75.4 Å². The van der Waals surface area contributed by atoms with E-state index in [-0.39, 0.29) is 11.8 Å². The Morgan fingerprint density at radius 2 is 1.81 bits per heavy atom. The third kappa shape index (κ3) is 4.48. The fourth-order valence-electron chi connectivity index (χ4n) is 4.94. The number of β-amino-alcohol motifs (C(OH)–C–C–N with tert-alkyl or cyclic N) is 1. The van der Waals surface area contributed by atoms with Gasteiger partial charge in [0.2, 0.25) is 5.91 Å². The number of aliphatic hydroxyl groups excluding tert-OH is 1. The monoisotopic (exact) mass is 435 g/mol. The Kier molecular flexibility index (Phi) is 6.07. The van der Waals surface area contributed by atoms with E-state index >= 15 is 0 Å². The van der Waals surface area contributed by atoms with Crippen LogP contribution in [0.25, 0.3) is 0 Å². The van der Waals surface area contributed by atoms with Crippen LogP contribution in [-0.2, 0) is 11.2 Å². The number of ether oxygens (including phenoxy) is 1. The lowest BCUT2D eigenvalue weighted by atomic mass is 9.96. The SMILES string of the molecule is COc1ccc(N2CCN(C[C@H](O)c3ccc4c(c3)CCCN4C(=O)C3CC3)CC2)cc1. The molecule has 2 aliphatic heterocycles. The highest BCUT2D eigenvalue weighted by Gasteiger charge is 2.35. The average Bonchev–Trinajstić information content (AvgIpc) is 3.69. The number of benzene rings is 2. The van der Waals surface area contributed by atoms with E-state index in [1.165, 1.54) is 11.3 Å². The van der Waals surface area contributed by atoms with Gasteiger partial charge >= 0.3 is 0 Å². The number of carbonyl (C=O) groups is 1. The Labute approximate surface area is 190 Å². The van der Waals surface area contributed by atoms with E-state index in [1.807, 2.05) is 23.1 Å². The van der Waals surface area contributed by atoms with Crippen molar-refractivity contribution < 1.29 is 14.6 Å². The van der Waals surface area contributed by atoms with Gasteiger partial charge in [0.05, 0.1) is 13.2 Å². The van der Waals surface area contributed by atoms with Crippen LogP contribution >= 0.6 is 0 Å². The van der Waals surface area contributed by atoms with Crippen LogP contribution < -0.4 is 14.5 Å². The van der Waals surface area contributed by atoms with Gasteiger partial charge in [-0.3, -0.25) is 9.69 Å². The second-order valence-corrected chi connectivity index (χ2v) is 9.26. The minimum Gasteiger partial charge on any atom is -0.497 e. The zero-order valence-electron chi connectivity index (χ0n) is 18.9. The predicted octanol–water partition coefficient (Wildman–Crippen LogP) is 3.24. The number of hydrogen-bond donors (Lipinski definition) is 1. The number of nitrogens with zero attached hydrogens (tertiary/aromatic N) is 3. The summed E-state index contributed by atoms with van der Waals surface area (Å²) in [6, 6.07) is 14.4. The molecule has 2 fully saturated rings. The fraction of sp³-hybridized carbons (Fsp3) is 0.500. The molecule has 0 bridgehead atoms. The fourth-order valence-corrected chi connectivity index (χ4v) is 4.94. The number of aliphatic hydroxyl groups is 1. The van der Waals surface area contributed by atoms with Crippen molar-refractivity contribution in [2.24, 2.45) is 5.92 Å². The van der Waals surface area contributed by atoms with Crippen molar-refractivity contribution in [2.75, 3.05) is 56.2 Å². The Morgan fingerprint density at radius 1 is 1.06 bits per heavy atom. The number of anilines is 2. The molecule has 1 N–H and O–H groups in total. The molecule has 32 heavy (non-hydrogen) atoms. The van der Waals surface area contributed by atoms with Crippen molar-refractivity contribution in [3.8, 4) is 5.75 Å². The van der Waals surface area contributed by atoms with Crippen molar-refractivity contribution in [2.45, 2.75) is 31.8 Å². The molecular formula is C26H33N3O3. The molecule has 0 spiro atoms. The van der Waals surface area contributed by atoms with Crippen LogP contribution in [0, 0.1) is 5.92 Å². The Hall–Kier alpha value is -2.57. The first-order valence-electron chi connectivity index (χ1n) is 11.9. The van der Waals surface area contributed by atoms with Crippen molar-refractivity contribution in [1.29, 1.82) is 0 Å². The number of rotatable bonds is 6. The van der Waals surface area contributed by atoms with Gasteiger partial charge in [-0.2, -0.15) is 0 Å². The molecule has 1 saturated heterocycles. The summed E-state index contributed by atoms with van der Waals surface area (Å²) >= 11 is 0. The molecule has 1 aliphatic carbocycles. The average molecular weight is 436 g/mol. The highest BCUT2D eigenvalue weighted by molar-refractivity contribution is 5.97. The first-order chi connectivity index (χ1) is 15.6. The number of carbonyl (C=O) groups excluding carboxylic acids is 1. The molecule has 2 aromatic carbocycles. The van der Waals surface area contributed by atoms with Gasteiger partial charge < -0.3 is 19.6 Å². The largest absolute Gasteiger partial charge is 0.497 e. The Morgan fingerprint density at radius 3 is 2.50 bits per heavy atom. The van der Waals surface area contributed by atoms with Crippen LogP contribution in [0.1, 0.15) is 36.5 Å². The summed E-state index contributed by atoms with van der Waals surface area (Å²) in [6.45, 7) is 5.21. The second-order valence-electron chi connectivity index (χ2n) is 9.26. The molecule has 2 aromatic rings. The minimum absolute atomic E-state index is 0.239. The molecule has 0 aromatic heterocycles. The first-order valence-corrected chi connectivity index (χ1v) is 11.9. The van der Waals surface area contributed by atoms with Crippen molar-refractivity contribution in [1.82, 2.24) is 4.90 Å². The van der Waals surface area contributed by atoms with E-state index in [0.29, 0.717) is 6.54 Å². The van der Waals surface area contributed by atoms with E-state index in [9.17, 15) is 9.90 Å². The number of amides is 1. The summed E-state index contributed by atoms with van der Waals surface area (Å²) in [6.07, 6.45) is 3.53. The summed E-state index contributed by atoms with van der Waals surface area (Å²) in [5.41, 5.74) is 4.43. The highest BCUT2D eigenvalue weighted by Crippen LogP contribution is 2.36. The molecule has 5 rings (SSSR count). The predicted molar refractivity (Wildman–Crippen MR) is 126 cm³/mol.